The van der Waals surface area contributed by atoms with Gasteiger partial charge in [-0.3, -0.25) is 0 Å². The molecule has 1 saturated carbocycles. The molecule has 1 aliphatic carbocycles. The van der Waals surface area contributed by atoms with Gasteiger partial charge in [0.25, 0.3) is 0 Å². The fraction of sp³-hybridized carbons (Fsp3) is 0.385. The lowest BCUT2D eigenvalue weighted by atomic mass is 9.77. The van der Waals surface area contributed by atoms with Gasteiger partial charge in [-0.15, -0.1) is 0 Å². The van der Waals surface area contributed by atoms with Gasteiger partial charge in [-0.1, -0.05) is 32.3 Å². The molecule has 3 aromatic rings. The monoisotopic (exact) mass is 412 g/mol. The van der Waals surface area contributed by atoms with Crippen LogP contribution in [0.2, 0.25) is 0 Å². The van der Waals surface area contributed by atoms with E-state index in [1.165, 1.54) is 43.5 Å². The Morgan fingerprint density at radius 2 is 1.57 bits per heavy atom. The van der Waals surface area contributed by atoms with Gasteiger partial charge < -0.3 is 5.11 Å². The minimum absolute atomic E-state index is 0.0553. The maximum Gasteiger partial charge on any atom is 0.134 e. The predicted molar refractivity (Wildman–Crippen MR) is 115 cm³/mol. The summed E-state index contributed by atoms with van der Waals surface area (Å²) in [5.41, 5.74) is 0.661. The van der Waals surface area contributed by atoms with Crippen LogP contribution in [0, 0.1) is 23.4 Å². The van der Waals surface area contributed by atoms with Crippen molar-refractivity contribution in [3.05, 3.63) is 65.5 Å². The van der Waals surface area contributed by atoms with Crippen molar-refractivity contribution < 1.29 is 18.3 Å². The van der Waals surface area contributed by atoms with E-state index in [-0.39, 0.29) is 28.2 Å². The molecule has 0 atom stereocenters. The van der Waals surface area contributed by atoms with Crippen LogP contribution in [-0.2, 0) is 0 Å². The molecule has 1 fully saturated rings. The van der Waals surface area contributed by atoms with Crippen molar-refractivity contribution in [1.29, 1.82) is 0 Å². The van der Waals surface area contributed by atoms with Gasteiger partial charge in [0.05, 0.1) is 5.56 Å². The average Bonchev–Trinajstić information content (AvgIpc) is 2.72. The number of unbranched alkanes of at least 4 members (excludes halogenated alkanes) is 1. The van der Waals surface area contributed by atoms with E-state index in [0.717, 1.165) is 37.7 Å². The van der Waals surface area contributed by atoms with Crippen LogP contribution in [0.4, 0.5) is 13.2 Å². The molecule has 30 heavy (non-hydrogen) atoms. The number of phenolic OH excluding ortho intramolecular Hbond substituents is 1. The molecular weight excluding hydrogens is 385 g/mol. The fourth-order valence-electron chi connectivity index (χ4n) is 4.83. The summed E-state index contributed by atoms with van der Waals surface area (Å²) in [6.07, 6.45) is 7.83. The Balaban J connectivity index is 1.61. The number of fused-ring (bicyclic) bond motifs is 1. The van der Waals surface area contributed by atoms with Gasteiger partial charge in [0.2, 0.25) is 0 Å². The Hall–Kier alpha value is -2.49. The summed E-state index contributed by atoms with van der Waals surface area (Å²) in [5, 5.41) is 10.3. The molecule has 0 amide bonds. The van der Waals surface area contributed by atoms with E-state index in [4.69, 9.17) is 0 Å². The van der Waals surface area contributed by atoms with Gasteiger partial charge in [0.1, 0.15) is 23.2 Å². The minimum Gasteiger partial charge on any atom is -0.508 e. The molecule has 1 aliphatic rings. The van der Waals surface area contributed by atoms with E-state index in [1.807, 2.05) is 0 Å². The first-order chi connectivity index (χ1) is 14.5. The molecule has 0 saturated heterocycles. The fourth-order valence-corrected chi connectivity index (χ4v) is 4.83. The quantitative estimate of drug-likeness (QED) is 0.449. The number of benzene rings is 3. The van der Waals surface area contributed by atoms with Crippen LogP contribution >= 0.6 is 0 Å². The zero-order chi connectivity index (χ0) is 21.3. The Labute approximate surface area is 175 Å². The molecule has 0 bridgehead atoms. The highest BCUT2D eigenvalue weighted by molar-refractivity contribution is 5.89. The summed E-state index contributed by atoms with van der Waals surface area (Å²) < 4.78 is 44.5. The summed E-state index contributed by atoms with van der Waals surface area (Å²) in [6, 6.07) is 9.81. The van der Waals surface area contributed by atoms with Crippen molar-refractivity contribution in [2.45, 2.75) is 57.8 Å². The van der Waals surface area contributed by atoms with Gasteiger partial charge in [0, 0.05) is 5.39 Å². The Bertz CT molecular complexity index is 1030. The van der Waals surface area contributed by atoms with Crippen LogP contribution in [-0.4, -0.2) is 5.11 Å². The number of hydrogen-bond acceptors (Lipinski definition) is 1. The first-order valence-electron chi connectivity index (χ1n) is 10.9. The third kappa shape index (κ3) is 4.19. The topological polar surface area (TPSA) is 20.2 Å². The van der Waals surface area contributed by atoms with E-state index in [0.29, 0.717) is 10.9 Å². The van der Waals surface area contributed by atoms with E-state index in [9.17, 15) is 18.3 Å². The number of hydrogen-bond donors (Lipinski definition) is 1. The Morgan fingerprint density at radius 3 is 2.23 bits per heavy atom. The van der Waals surface area contributed by atoms with Crippen molar-refractivity contribution in [2.75, 3.05) is 0 Å². The highest BCUT2D eigenvalue weighted by Crippen LogP contribution is 2.40. The molecule has 1 N–H and O–H groups in total. The third-order valence-corrected chi connectivity index (χ3v) is 6.52. The van der Waals surface area contributed by atoms with Crippen LogP contribution in [0.25, 0.3) is 21.9 Å². The smallest absolute Gasteiger partial charge is 0.134 e. The molecule has 0 radical (unpaired) electrons. The first-order valence-corrected chi connectivity index (χ1v) is 10.9. The normalized spacial score (nSPS) is 19.3. The summed E-state index contributed by atoms with van der Waals surface area (Å²) in [6.45, 7) is 2.20. The Kier molecular flexibility index (Phi) is 6.03. The number of halogens is 3. The largest absolute Gasteiger partial charge is 0.508 e. The zero-order valence-electron chi connectivity index (χ0n) is 17.2. The van der Waals surface area contributed by atoms with Crippen molar-refractivity contribution >= 4 is 10.8 Å². The van der Waals surface area contributed by atoms with E-state index >= 15 is 0 Å². The van der Waals surface area contributed by atoms with Crippen LogP contribution in [0.1, 0.15) is 63.4 Å². The second-order valence-corrected chi connectivity index (χ2v) is 8.58. The predicted octanol–water partition coefficient (Wildman–Crippen LogP) is 8.09. The zero-order valence-corrected chi connectivity index (χ0v) is 17.2. The van der Waals surface area contributed by atoms with Gasteiger partial charge in [0.15, 0.2) is 0 Å². The van der Waals surface area contributed by atoms with Crippen molar-refractivity contribution in [1.82, 2.24) is 0 Å². The van der Waals surface area contributed by atoms with Crippen LogP contribution < -0.4 is 0 Å². The third-order valence-electron chi connectivity index (χ3n) is 6.52. The lowest BCUT2D eigenvalue weighted by Crippen LogP contribution is -2.14. The molecule has 0 heterocycles. The molecule has 0 aliphatic heterocycles. The Morgan fingerprint density at radius 1 is 0.867 bits per heavy atom. The molecule has 0 aromatic heterocycles. The summed E-state index contributed by atoms with van der Waals surface area (Å²) in [7, 11) is 0. The maximum absolute atomic E-state index is 15.0. The molecule has 3 aromatic carbocycles. The SMILES string of the molecule is CCCCC1CCC(c2cc(F)c(-c3cc(F)c4cc(O)ccc4c3)c(F)c2)CC1. The lowest BCUT2D eigenvalue weighted by Gasteiger charge is -2.29. The number of aromatic hydroxyl groups is 1. The van der Waals surface area contributed by atoms with Gasteiger partial charge in [-0.25, -0.2) is 13.2 Å². The minimum atomic E-state index is -0.657. The highest BCUT2D eigenvalue weighted by atomic mass is 19.1. The summed E-state index contributed by atoms with van der Waals surface area (Å²) in [5.74, 6) is -1.08. The van der Waals surface area contributed by atoms with Gasteiger partial charge >= 0.3 is 0 Å². The van der Waals surface area contributed by atoms with Crippen molar-refractivity contribution in [3.8, 4) is 16.9 Å². The molecular formula is C26H27F3O. The van der Waals surface area contributed by atoms with Crippen LogP contribution in [0.15, 0.2) is 42.5 Å². The molecule has 4 heteroatoms. The average molecular weight is 412 g/mol. The molecule has 158 valence electrons. The van der Waals surface area contributed by atoms with Crippen LogP contribution in [0.5, 0.6) is 5.75 Å². The summed E-state index contributed by atoms with van der Waals surface area (Å²) in [4.78, 5) is 0. The molecule has 0 spiro atoms. The van der Waals surface area contributed by atoms with E-state index in [1.54, 1.807) is 12.1 Å². The lowest BCUT2D eigenvalue weighted by molar-refractivity contribution is 0.303. The summed E-state index contributed by atoms with van der Waals surface area (Å²) >= 11 is 0. The van der Waals surface area contributed by atoms with Crippen molar-refractivity contribution in [3.63, 3.8) is 0 Å². The number of phenols is 1. The molecule has 4 rings (SSSR count). The van der Waals surface area contributed by atoms with E-state index < -0.39 is 17.5 Å². The van der Waals surface area contributed by atoms with Crippen LogP contribution in [0.3, 0.4) is 0 Å². The van der Waals surface area contributed by atoms with E-state index in [2.05, 4.69) is 6.92 Å². The highest BCUT2D eigenvalue weighted by Gasteiger charge is 2.24. The standard InChI is InChI=1S/C26H27F3O/c1-2-3-4-16-5-7-17(8-6-16)19-12-24(28)26(25(29)13-19)20-11-18-9-10-21(30)15-22(18)23(27)14-20/h9-17,30H,2-8H2,1H3. The molecule has 1 nitrogen and oxygen atoms in total. The second-order valence-electron chi connectivity index (χ2n) is 8.58. The number of rotatable bonds is 5. The maximum atomic E-state index is 15.0. The van der Waals surface area contributed by atoms with Crippen molar-refractivity contribution in [2.24, 2.45) is 5.92 Å². The van der Waals surface area contributed by atoms with Gasteiger partial charge in [-0.2, -0.15) is 0 Å². The van der Waals surface area contributed by atoms with Gasteiger partial charge in [-0.05, 0) is 90.4 Å². The second kappa shape index (κ2) is 8.71. The molecule has 0 unspecified atom stereocenters. The first kappa shape index (κ1) is 20.8.